The topological polar surface area (TPSA) is 95.1 Å². The molecule has 1 amide bonds. The number of anilines is 2. The molecule has 3 aromatic rings. The molecule has 1 heterocycles. The van der Waals surface area contributed by atoms with Crippen LogP contribution in [0.2, 0.25) is 0 Å². The van der Waals surface area contributed by atoms with Crippen molar-refractivity contribution < 1.29 is 9.53 Å². The summed E-state index contributed by atoms with van der Waals surface area (Å²) in [5.41, 5.74) is 7.96. The van der Waals surface area contributed by atoms with Crippen LogP contribution in [-0.4, -0.2) is 33.0 Å². The fourth-order valence-corrected chi connectivity index (χ4v) is 4.12. The van der Waals surface area contributed by atoms with Gasteiger partial charge in [-0.3, -0.25) is 9.36 Å². The van der Waals surface area contributed by atoms with Gasteiger partial charge in [-0.1, -0.05) is 61.2 Å². The van der Waals surface area contributed by atoms with Crippen molar-refractivity contribution in [2.75, 3.05) is 23.4 Å². The lowest BCUT2D eigenvalue weighted by Crippen LogP contribution is -2.27. The molecular formula is C22H27N5O2S. The van der Waals surface area contributed by atoms with E-state index in [0.29, 0.717) is 29.6 Å². The number of ether oxygens (including phenoxy) is 1. The van der Waals surface area contributed by atoms with Gasteiger partial charge in [0.2, 0.25) is 11.9 Å². The second-order valence-corrected chi connectivity index (χ2v) is 7.70. The molecule has 3 N–H and O–H groups in total. The van der Waals surface area contributed by atoms with E-state index in [-0.39, 0.29) is 11.9 Å². The average Bonchev–Trinajstić information content (AvgIpc) is 3.11. The van der Waals surface area contributed by atoms with Crippen LogP contribution in [0, 0.1) is 0 Å². The Morgan fingerprint density at radius 2 is 1.87 bits per heavy atom. The van der Waals surface area contributed by atoms with Gasteiger partial charge in [-0.2, -0.15) is 0 Å². The zero-order chi connectivity index (χ0) is 21.3. The molecule has 1 aromatic heterocycles. The van der Waals surface area contributed by atoms with E-state index in [0.717, 1.165) is 12.2 Å². The van der Waals surface area contributed by atoms with Crippen molar-refractivity contribution in [3.63, 3.8) is 0 Å². The Morgan fingerprint density at radius 1 is 1.13 bits per heavy atom. The van der Waals surface area contributed by atoms with E-state index in [1.807, 2.05) is 56.3 Å². The van der Waals surface area contributed by atoms with Crippen molar-refractivity contribution in [3.8, 4) is 5.75 Å². The number of nitrogens with one attached hydrogen (secondary N) is 1. The van der Waals surface area contributed by atoms with Gasteiger partial charge in [0, 0.05) is 5.75 Å². The Balaban J connectivity index is 1.73. The first-order valence-corrected chi connectivity index (χ1v) is 11.0. The number of rotatable bonds is 10. The number of aromatic nitrogens is 3. The standard InChI is InChI=1S/C22H27N5O2S/c1-3-18(20(28)24-17-12-8-9-13-19(17)29-4-2)27-21(23)25-26-22(27)30-15-14-16-10-6-5-7-11-16/h5-13,18H,3-4,14-15H2,1-2H3,(H2,23,25)(H,24,28). The fourth-order valence-electron chi connectivity index (χ4n) is 3.14. The van der Waals surface area contributed by atoms with Crippen LogP contribution in [0.5, 0.6) is 5.75 Å². The number of benzene rings is 2. The Labute approximate surface area is 181 Å². The number of amides is 1. The van der Waals surface area contributed by atoms with E-state index in [1.54, 1.807) is 16.3 Å². The number of carbonyl (C=O) groups is 1. The Bertz CT molecular complexity index is 961. The highest BCUT2D eigenvalue weighted by Crippen LogP contribution is 2.29. The summed E-state index contributed by atoms with van der Waals surface area (Å²) in [4.78, 5) is 13.1. The van der Waals surface area contributed by atoms with Crippen LogP contribution in [-0.2, 0) is 11.2 Å². The summed E-state index contributed by atoms with van der Waals surface area (Å²) in [6, 6.07) is 17.1. The second kappa shape index (κ2) is 10.7. The van der Waals surface area contributed by atoms with Crippen LogP contribution in [0.25, 0.3) is 0 Å². The minimum Gasteiger partial charge on any atom is -0.492 e. The molecule has 0 radical (unpaired) electrons. The summed E-state index contributed by atoms with van der Waals surface area (Å²) in [5, 5.41) is 11.8. The first kappa shape index (κ1) is 21.7. The lowest BCUT2D eigenvalue weighted by Gasteiger charge is -2.20. The number of hydrogen-bond donors (Lipinski definition) is 2. The lowest BCUT2D eigenvalue weighted by molar-refractivity contribution is -0.119. The smallest absolute Gasteiger partial charge is 0.247 e. The maximum Gasteiger partial charge on any atom is 0.247 e. The molecule has 8 heteroatoms. The average molecular weight is 426 g/mol. The monoisotopic (exact) mass is 425 g/mol. The number of nitrogens with zero attached hydrogens (tertiary/aromatic N) is 3. The first-order valence-electron chi connectivity index (χ1n) is 10.0. The van der Waals surface area contributed by atoms with E-state index in [9.17, 15) is 4.79 Å². The number of thioether (sulfide) groups is 1. The van der Waals surface area contributed by atoms with Crippen molar-refractivity contribution in [2.45, 2.75) is 37.9 Å². The third kappa shape index (κ3) is 5.33. The van der Waals surface area contributed by atoms with E-state index >= 15 is 0 Å². The number of nitrogens with two attached hydrogens (primary N) is 1. The van der Waals surface area contributed by atoms with Gasteiger partial charge in [0.1, 0.15) is 11.8 Å². The SMILES string of the molecule is CCOc1ccccc1NC(=O)C(CC)n1c(N)nnc1SCCc1ccccc1. The molecule has 1 unspecified atom stereocenters. The molecular weight excluding hydrogens is 398 g/mol. The number of carbonyl (C=O) groups excluding carboxylic acids is 1. The molecule has 0 saturated carbocycles. The summed E-state index contributed by atoms with van der Waals surface area (Å²) < 4.78 is 7.33. The number of para-hydroxylation sites is 2. The maximum absolute atomic E-state index is 13.1. The van der Waals surface area contributed by atoms with Gasteiger partial charge in [0.05, 0.1) is 12.3 Å². The zero-order valence-corrected chi connectivity index (χ0v) is 18.1. The van der Waals surface area contributed by atoms with Crippen LogP contribution < -0.4 is 15.8 Å². The van der Waals surface area contributed by atoms with Gasteiger partial charge in [-0.25, -0.2) is 0 Å². The summed E-state index contributed by atoms with van der Waals surface area (Å²) in [5.74, 6) is 1.50. The number of aryl methyl sites for hydroxylation is 1. The molecule has 7 nitrogen and oxygen atoms in total. The van der Waals surface area contributed by atoms with Gasteiger partial charge in [-0.15, -0.1) is 10.2 Å². The van der Waals surface area contributed by atoms with E-state index in [1.165, 1.54) is 5.56 Å². The molecule has 0 spiro atoms. The molecule has 0 aliphatic rings. The van der Waals surface area contributed by atoms with Crippen molar-refractivity contribution in [2.24, 2.45) is 0 Å². The molecule has 0 fully saturated rings. The summed E-state index contributed by atoms with van der Waals surface area (Å²) in [7, 11) is 0. The van der Waals surface area contributed by atoms with Crippen molar-refractivity contribution in [1.82, 2.24) is 14.8 Å². The quantitative estimate of drug-likeness (QED) is 0.473. The molecule has 30 heavy (non-hydrogen) atoms. The van der Waals surface area contributed by atoms with Crippen LogP contribution in [0.1, 0.15) is 31.9 Å². The summed E-state index contributed by atoms with van der Waals surface area (Å²) in [6.45, 7) is 4.37. The van der Waals surface area contributed by atoms with Gasteiger partial charge in [0.15, 0.2) is 5.16 Å². The molecule has 1 atom stereocenters. The Hall–Kier alpha value is -3.00. The molecule has 3 rings (SSSR count). The lowest BCUT2D eigenvalue weighted by atomic mass is 10.2. The van der Waals surface area contributed by atoms with Gasteiger partial charge in [-0.05, 0) is 37.5 Å². The predicted octanol–water partition coefficient (Wildman–Crippen LogP) is 4.18. The highest BCUT2D eigenvalue weighted by atomic mass is 32.2. The Kier molecular flexibility index (Phi) is 7.73. The van der Waals surface area contributed by atoms with E-state index < -0.39 is 6.04 Å². The van der Waals surface area contributed by atoms with Crippen molar-refractivity contribution in [3.05, 3.63) is 60.2 Å². The Morgan fingerprint density at radius 3 is 2.60 bits per heavy atom. The second-order valence-electron chi connectivity index (χ2n) is 6.64. The van der Waals surface area contributed by atoms with Crippen LogP contribution in [0.4, 0.5) is 11.6 Å². The summed E-state index contributed by atoms with van der Waals surface area (Å²) >= 11 is 1.55. The maximum atomic E-state index is 13.1. The van der Waals surface area contributed by atoms with E-state index in [2.05, 4.69) is 27.6 Å². The molecule has 0 saturated heterocycles. The van der Waals surface area contributed by atoms with Crippen LogP contribution in [0.15, 0.2) is 59.8 Å². The van der Waals surface area contributed by atoms with Crippen molar-refractivity contribution >= 4 is 29.3 Å². The van der Waals surface area contributed by atoms with Gasteiger partial charge in [0.25, 0.3) is 0 Å². The molecule has 2 aromatic carbocycles. The normalized spacial score (nSPS) is 11.8. The molecule has 0 aliphatic carbocycles. The molecule has 0 aliphatic heterocycles. The van der Waals surface area contributed by atoms with Crippen LogP contribution >= 0.6 is 11.8 Å². The zero-order valence-electron chi connectivity index (χ0n) is 17.2. The van der Waals surface area contributed by atoms with Gasteiger partial charge < -0.3 is 15.8 Å². The third-order valence-corrected chi connectivity index (χ3v) is 5.55. The molecule has 0 bridgehead atoms. The van der Waals surface area contributed by atoms with Crippen LogP contribution in [0.3, 0.4) is 0 Å². The summed E-state index contributed by atoms with van der Waals surface area (Å²) in [6.07, 6.45) is 1.44. The van der Waals surface area contributed by atoms with E-state index in [4.69, 9.17) is 10.5 Å². The predicted molar refractivity (Wildman–Crippen MR) is 121 cm³/mol. The minimum atomic E-state index is -0.520. The first-order chi connectivity index (χ1) is 14.6. The third-order valence-electron chi connectivity index (χ3n) is 4.60. The van der Waals surface area contributed by atoms with Gasteiger partial charge >= 0.3 is 0 Å². The highest BCUT2D eigenvalue weighted by Gasteiger charge is 2.25. The fraction of sp³-hybridized carbons (Fsp3) is 0.318. The largest absolute Gasteiger partial charge is 0.492 e. The highest BCUT2D eigenvalue weighted by molar-refractivity contribution is 7.99. The minimum absolute atomic E-state index is 0.180. The van der Waals surface area contributed by atoms with Crippen molar-refractivity contribution in [1.29, 1.82) is 0 Å². The molecule has 158 valence electrons. The number of nitrogen functional groups attached to an aromatic ring is 1. The number of hydrogen-bond acceptors (Lipinski definition) is 6.